The van der Waals surface area contributed by atoms with Crippen LogP contribution in [0.15, 0.2) is 0 Å². The zero-order valence-corrected chi connectivity index (χ0v) is 9.18. The van der Waals surface area contributed by atoms with Gasteiger partial charge in [-0.25, -0.2) is 0 Å². The van der Waals surface area contributed by atoms with Gasteiger partial charge in [-0.2, -0.15) is 0 Å². The van der Waals surface area contributed by atoms with E-state index in [9.17, 15) is 4.79 Å². The molecule has 1 fully saturated rings. The molecule has 1 aliphatic heterocycles. The smallest absolute Gasteiger partial charge is 0.237 e. The lowest BCUT2D eigenvalue weighted by Gasteiger charge is -2.41. The van der Waals surface area contributed by atoms with Crippen LogP contribution in [0, 0.1) is 0 Å². The molecule has 0 aromatic heterocycles. The van der Waals surface area contributed by atoms with Gasteiger partial charge in [-0.05, 0) is 13.3 Å². The highest BCUT2D eigenvalue weighted by molar-refractivity contribution is 5.84. The van der Waals surface area contributed by atoms with Crippen molar-refractivity contribution in [2.75, 3.05) is 26.2 Å². The van der Waals surface area contributed by atoms with E-state index in [-0.39, 0.29) is 5.91 Å². The monoisotopic (exact) mass is 199 g/mol. The second-order valence-electron chi connectivity index (χ2n) is 4.13. The van der Waals surface area contributed by atoms with Crippen LogP contribution in [-0.4, -0.2) is 42.5 Å². The number of primary amides is 1. The molecule has 0 radical (unpaired) electrons. The summed E-state index contributed by atoms with van der Waals surface area (Å²) < 4.78 is 0. The van der Waals surface area contributed by atoms with Crippen molar-refractivity contribution in [1.29, 1.82) is 0 Å². The third kappa shape index (κ3) is 2.25. The first kappa shape index (κ1) is 11.5. The molecule has 4 nitrogen and oxygen atoms in total. The average molecular weight is 199 g/mol. The number of carbonyl (C=O) groups excluding carboxylic acids is 1. The number of nitrogens with one attached hydrogen (secondary N) is 1. The minimum Gasteiger partial charge on any atom is -0.368 e. The van der Waals surface area contributed by atoms with Crippen LogP contribution >= 0.6 is 0 Å². The Labute approximate surface area is 85.8 Å². The molecule has 14 heavy (non-hydrogen) atoms. The maximum Gasteiger partial charge on any atom is 0.237 e. The van der Waals surface area contributed by atoms with Crippen molar-refractivity contribution in [3.05, 3.63) is 0 Å². The third-order valence-corrected chi connectivity index (χ3v) is 3.08. The van der Waals surface area contributed by atoms with E-state index in [1.807, 2.05) is 6.92 Å². The summed E-state index contributed by atoms with van der Waals surface area (Å²) in [6.07, 6.45) is 1.84. The Morgan fingerprint density at radius 2 is 2.07 bits per heavy atom. The van der Waals surface area contributed by atoms with Crippen LogP contribution in [0.2, 0.25) is 0 Å². The SMILES string of the molecule is CCCC(C)(C(N)=O)N1CCNCC1. The molecule has 1 heterocycles. The average Bonchev–Trinajstić information content (AvgIpc) is 2.19. The van der Waals surface area contributed by atoms with Crippen molar-refractivity contribution in [3.8, 4) is 0 Å². The molecule has 3 N–H and O–H groups in total. The maximum absolute atomic E-state index is 11.5. The van der Waals surface area contributed by atoms with Gasteiger partial charge < -0.3 is 11.1 Å². The summed E-state index contributed by atoms with van der Waals surface area (Å²) in [7, 11) is 0. The molecule has 0 saturated carbocycles. The molecule has 4 heteroatoms. The maximum atomic E-state index is 11.5. The summed E-state index contributed by atoms with van der Waals surface area (Å²) in [6.45, 7) is 7.78. The van der Waals surface area contributed by atoms with Gasteiger partial charge in [-0.15, -0.1) is 0 Å². The van der Waals surface area contributed by atoms with Gasteiger partial charge >= 0.3 is 0 Å². The highest BCUT2D eigenvalue weighted by Crippen LogP contribution is 2.21. The minimum atomic E-state index is -0.448. The predicted octanol–water partition coefficient (Wildman–Crippen LogP) is -0.0643. The van der Waals surface area contributed by atoms with Crippen LogP contribution < -0.4 is 11.1 Å². The summed E-state index contributed by atoms with van der Waals surface area (Å²) in [6, 6.07) is 0. The van der Waals surface area contributed by atoms with Gasteiger partial charge in [0, 0.05) is 26.2 Å². The summed E-state index contributed by atoms with van der Waals surface area (Å²) in [5, 5.41) is 3.27. The Morgan fingerprint density at radius 1 is 1.50 bits per heavy atom. The molecule has 0 aliphatic carbocycles. The molecule has 1 amide bonds. The van der Waals surface area contributed by atoms with Gasteiger partial charge in [0.05, 0.1) is 5.54 Å². The quantitative estimate of drug-likeness (QED) is 0.666. The number of hydrogen-bond acceptors (Lipinski definition) is 3. The zero-order valence-electron chi connectivity index (χ0n) is 9.18. The number of piperazine rings is 1. The number of carbonyl (C=O) groups is 1. The molecule has 1 rings (SSSR count). The van der Waals surface area contributed by atoms with Crippen LogP contribution in [0.5, 0.6) is 0 Å². The highest BCUT2D eigenvalue weighted by Gasteiger charge is 2.37. The molecule has 0 bridgehead atoms. The van der Waals surface area contributed by atoms with Gasteiger partial charge in [0.1, 0.15) is 0 Å². The van der Waals surface area contributed by atoms with Crippen LogP contribution in [-0.2, 0) is 4.79 Å². The lowest BCUT2D eigenvalue weighted by Crippen LogP contribution is -2.60. The van der Waals surface area contributed by atoms with Gasteiger partial charge in [0.25, 0.3) is 0 Å². The molecular formula is C10H21N3O. The molecule has 1 saturated heterocycles. The number of amides is 1. The molecule has 1 aliphatic rings. The van der Waals surface area contributed by atoms with Gasteiger partial charge in [0.15, 0.2) is 0 Å². The van der Waals surface area contributed by atoms with E-state index >= 15 is 0 Å². The van der Waals surface area contributed by atoms with E-state index < -0.39 is 5.54 Å². The number of rotatable bonds is 4. The van der Waals surface area contributed by atoms with Crippen LogP contribution in [0.25, 0.3) is 0 Å². The van der Waals surface area contributed by atoms with Crippen molar-refractivity contribution in [3.63, 3.8) is 0 Å². The minimum absolute atomic E-state index is 0.193. The van der Waals surface area contributed by atoms with Gasteiger partial charge in [-0.3, -0.25) is 9.69 Å². The van der Waals surface area contributed by atoms with E-state index in [1.54, 1.807) is 0 Å². The number of nitrogens with two attached hydrogens (primary N) is 1. The fraction of sp³-hybridized carbons (Fsp3) is 0.900. The van der Waals surface area contributed by atoms with E-state index in [2.05, 4.69) is 17.1 Å². The first-order valence-corrected chi connectivity index (χ1v) is 5.37. The molecule has 1 unspecified atom stereocenters. The Morgan fingerprint density at radius 3 is 2.50 bits per heavy atom. The molecule has 82 valence electrons. The Bertz CT molecular complexity index is 202. The number of hydrogen-bond donors (Lipinski definition) is 2. The van der Waals surface area contributed by atoms with Gasteiger partial charge in [-0.1, -0.05) is 13.3 Å². The Kier molecular flexibility index (Phi) is 3.89. The molecule has 1 atom stereocenters. The first-order valence-electron chi connectivity index (χ1n) is 5.37. The van der Waals surface area contributed by atoms with Crippen LogP contribution in [0.1, 0.15) is 26.7 Å². The summed E-state index contributed by atoms with van der Waals surface area (Å²) in [5.41, 5.74) is 5.04. The van der Waals surface area contributed by atoms with Crippen molar-refractivity contribution in [1.82, 2.24) is 10.2 Å². The highest BCUT2D eigenvalue weighted by atomic mass is 16.1. The lowest BCUT2D eigenvalue weighted by molar-refractivity contribution is -0.130. The second kappa shape index (κ2) is 4.75. The first-order chi connectivity index (χ1) is 6.61. The normalized spacial score (nSPS) is 23.0. The van der Waals surface area contributed by atoms with Crippen LogP contribution in [0.3, 0.4) is 0 Å². The Balaban J connectivity index is 2.69. The van der Waals surface area contributed by atoms with Crippen molar-refractivity contribution < 1.29 is 4.79 Å². The van der Waals surface area contributed by atoms with E-state index in [0.29, 0.717) is 0 Å². The van der Waals surface area contributed by atoms with Crippen molar-refractivity contribution in [2.45, 2.75) is 32.2 Å². The van der Waals surface area contributed by atoms with E-state index in [0.717, 1.165) is 39.0 Å². The topological polar surface area (TPSA) is 58.4 Å². The van der Waals surface area contributed by atoms with Crippen molar-refractivity contribution >= 4 is 5.91 Å². The largest absolute Gasteiger partial charge is 0.368 e. The predicted molar refractivity (Wildman–Crippen MR) is 57.0 cm³/mol. The fourth-order valence-electron chi connectivity index (χ4n) is 2.08. The molecular weight excluding hydrogens is 178 g/mol. The van der Waals surface area contributed by atoms with Gasteiger partial charge in [0.2, 0.25) is 5.91 Å². The summed E-state index contributed by atoms with van der Waals surface area (Å²) in [5.74, 6) is -0.193. The molecule has 0 spiro atoms. The lowest BCUT2D eigenvalue weighted by atomic mass is 9.92. The van der Waals surface area contributed by atoms with Crippen LogP contribution in [0.4, 0.5) is 0 Å². The standard InChI is InChI=1S/C10H21N3O/c1-3-4-10(2,9(11)14)13-7-5-12-6-8-13/h12H,3-8H2,1-2H3,(H2,11,14). The Hall–Kier alpha value is -0.610. The summed E-state index contributed by atoms with van der Waals surface area (Å²) in [4.78, 5) is 13.7. The van der Waals surface area contributed by atoms with E-state index in [4.69, 9.17) is 5.73 Å². The third-order valence-electron chi connectivity index (χ3n) is 3.08. The van der Waals surface area contributed by atoms with Crippen molar-refractivity contribution in [2.24, 2.45) is 5.73 Å². The van der Waals surface area contributed by atoms with E-state index in [1.165, 1.54) is 0 Å². The molecule has 0 aromatic carbocycles. The zero-order chi connectivity index (χ0) is 10.6. The number of nitrogens with zero attached hydrogens (tertiary/aromatic N) is 1. The fourth-order valence-corrected chi connectivity index (χ4v) is 2.08. The molecule has 0 aromatic rings. The second-order valence-corrected chi connectivity index (χ2v) is 4.13. The summed E-state index contributed by atoms with van der Waals surface area (Å²) >= 11 is 0.